The van der Waals surface area contributed by atoms with E-state index in [0.717, 1.165) is 18.1 Å². The molecular formula is C14H19N3. The second-order valence-corrected chi connectivity index (χ2v) is 4.51. The van der Waals surface area contributed by atoms with Gasteiger partial charge in [-0.3, -0.25) is 0 Å². The maximum Gasteiger partial charge on any atom is 0.103 e. The van der Waals surface area contributed by atoms with Crippen LogP contribution in [0, 0.1) is 13.8 Å². The first-order valence-electron chi connectivity index (χ1n) is 5.95. The molecule has 0 saturated heterocycles. The number of imidazole rings is 1. The number of hydrogen-bond acceptors (Lipinski definition) is 2. The average Bonchev–Trinajstić information content (AvgIpc) is 2.73. The minimum atomic E-state index is 0.346. The Labute approximate surface area is 102 Å². The number of aryl methyl sites for hydroxylation is 2. The van der Waals surface area contributed by atoms with Gasteiger partial charge in [-0.2, -0.15) is 0 Å². The zero-order valence-corrected chi connectivity index (χ0v) is 10.6. The molecule has 1 aromatic carbocycles. The van der Waals surface area contributed by atoms with Crippen molar-refractivity contribution in [2.75, 3.05) is 0 Å². The van der Waals surface area contributed by atoms with Crippen molar-refractivity contribution in [3.63, 3.8) is 0 Å². The summed E-state index contributed by atoms with van der Waals surface area (Å²) in [4.78, 5) is 7.40. The number of aromatic nitrogens is 2. The Morgan fingerprint density at radius 1 is 1.24 bits per heavy atom. The van der Waals surface area contributed by atoms with Gasteiger partial charge in [-0.1, -0.05) is 29.8 Å². The van der Waals surface area contributed by atoms with Crippen LogP contribution in [0.25, 0.3) is 0 Å². The summed E-state index contributed by atoms with van der Waals surface area (Å²) in [6.07, 6.45) is 1.88. The summed E-state index contributed by atoms with van der Waals surface area (Å²) in [5, 5.41) is 3.48. The molecule has 0 unspecified atom stereocenters. The number of H-pyrrole nitrogens is 1. The predicted octanol–water partition coefficient (Wildman–Crippen LogP) is 2.88. The first kappa shape index (κ1) is 11.9. The molecule has 2 aromatic rings. The van der Waals surface area contributed by atoms with Crippen molar-refractivity contribution in [1.82, 2.24) is 15.3 Å². The van der Waals surface area contributed by atoms with Gasteiger partial charge in [-0.15, -0.1) is 0 Å². The van der Waals surface area contributed by atoms with Crippen molar-refractivity contribution in [1.29, 1.82) is 0 Å². The molecule has 0 aliphatic heterocycles. The minimum absolute atomic E-state index is 0.346. The molecule has 2 N–H and O–H groups in total. The van der Waals surface area contributed by atoms with Gasteiger partial charge < -0.3 is 10.3 Å². The first-order valence-corrected chi connectivity index (χ1v) is 5.95. The summed E-state index contributed by atoms with van der Waals surface area (Å²) in [5.41, 5.74) is 3.73. The van der Waals surface area contributed by atoms with Gasteiger partial charge in [0.1, 0.15) is 5.82 Å². The van der Waals surface area contributed by atoms with Crippen LogP contribution in [-0.4, -0.2) is 9.97 Å². The van der Waals surface area contributed by atoms with Gasteiger partial charge in [0, 0.05) is 24.5 Å². The number of benzene rings is 1. The third-order valence-electron chi connectivity index (χ3n) is 2.93. The predicted molar refractivity (Wildman–Crippen MR) is 69.8 cm³/mol. The van der Waals surface area contributed by atoms with Gasteiger partial charge in [0.2, 0.25) is 0 Å². The van der Waals surface area contributed by atoms with Crippen LogP contribution in [0.15, 0.2) is 30.5 Å². The highest BCUT2D eigenvalue weighted by atomic mass is 15.0. The lowest BCUT2D eigenvalue weighted by atomic mass is 10.1. The molecule has 0 saturated carbocycles. The zero-order chi connectivity index (χ0) is 12.3. The minimum Gasteiger partial charge on any atom is -0.345 e. The smallest absolute Gasteiger partial charge is 0.103 e. The molecular weight excluding hydrogens is 210 g/mol. The first-order chi connectivity index (χ1) is 8.15. The van der Waals surface area contributed by atoms with Gasteiger partial charge >= 0.3 is 0 Å². The SMILES string of the molecule is Cc1ccc([C@H](C)NCc2cnc(C)[nH]2)cc1. The van der Waals surface area contributed by atoms with Crippen LogP contribution in [0.5, 0.6) is 0 Å². The van der Waals surface area contributed by atoms with Gasteiger partial charge in [-0.25, -0.2) is 4.98 Å². The van der Waals surface area contributed by atoms with Crippen LogP contribution in [0.1, 0.15) is 35.6 Å². The summed E-state index contributed by atoms with van der Waals surface area (Å²) in [5.74, 6) is 0.963. The molecule has 0 aliphatic rings. The van der Waals surface area contributed by atoms with Gasteiger partial charge in [0.25, 0.3) is 0 Å². The van der Waals surface area contributed by atoms with E-state index in [9.17, 15) is 0 Å². The monoisotopic (exact) mass is 229 g/mol. The van der Waals surface area contributed by atoms with E-state index in [1.807, 2.05) is 13.1 Å². The van der Waals surface area contributed by atoms with E-state index in [2.05, 4.69) is 53.4 Å². The number of aromatic amines is 1. The maximum absolute atomic E-state index is 4.18. The van der Waals surface area contributed by atoms with E-state index >= 15 is 0 Å². The molecule has 3 heteroatoms. The summed E-state index contributed by atoms with van der Waals surface area (Å²) in [7, 11) is 0. The molecule has 0 bridgehead atoms. The quantitative estimate of drug-likeness (QED) is 0.846. The Kier molecular flexibility index (Phi) is 3.59. The third-order valence-corrected chi connectivity index (χ3v) is 2.93. The molecule has 0 amide bonds. The van der Waals surface area contributed by atoms with E-state index in [4.69, 9.17) is 0 Å². The molecule has 1 atom stereocenters. The van der Waals surface area contributed by atoms with Crippen LogP contribution in [0.3, 0.4) is 0 Å². The largest absolute Gasteiger partial charge is 0.345 e. The average molecular weight is 229 g/mol. The van der Waals surface area contributed by atoms with Crippen molar-refractivity contribution in [2.24, 2.45) is 0 Å². The van der Waals surface area contributed by atoms with E-state index in [1.165, 1.54) is 11.1 Å². The maximum atomic E-state index is 4.18. The summed E-state index contributed by atoms with van der Waals surface area (Å²) >= 11 is 0. The Morgan fingerprint density at radius 2 is 1.94 bits per heavy atom. The molecule has 3 nitrogen and oxygen atoms in total. The van der Waals surface area contributed by atoms with Crippen LogP contribution in [-0.2, 0) is 6.54 Å². The second kappa shape index (κ2) is 5.15. The molecule has 0 radical (unpaired) electrons. The molecule has 0 spiro atoms. The van der Waals surface area contributed by atoms with E-state index in [-0.39, 0.29) is 0 Å². The van der Waals surface area contributed by atoms with Crippen molar-refractivity contribution in [2.45, 2.75) is 33.4 Å². The van der Waals surface area contributed by atoms with E-state index < -0.39 is 0 Å². The summed E-state index contributed by atoms with van der Waals surface area (Å²) < 4.78 is 0. The van der Waals surface area contributed by atoms with Gasteiger partial charge in [-0.05, 0) is 26.3 Å². The second-order valence-electron chi connectivity index (χ2n) is 4.51. The van der Waals surface area contributed by atoms with Crippen LogP contribution in [0.2, 0.25) is 0 Å². The summed E-state index contributed by atoms with van der Waals surface area (Å²) in [6.45, 7) is 7.06. The lowest BCUT2D eigenvalue weighted by Gasteiger charge is -2.13. The molecule has 1 aromatic heterocycles. The van der Waals surface area contributed by atoms with Crippen molar-refractivity contribution >= 4 is 0 Å². The van der Waals surface area contributed by atoms with Crippen molar-refractivity contribution in [3.05, 3.63) is 53.1 Å². The molecule has 1 heterocycles. The molecule has 90 valence electrons. The lowest BCUT2D eigenvalue weighted by Crippen LogP contribution is -2.18. The topological polar surface area (TPSA) is 40.7 Å². The van der Waals surface area contributed by atoms with E-state index in [1.54, 1.807) is 0 Å². The Morgan fingerprint density at radius 3 is 2.53 bits per heavy atom. The normalized spacial score (nSPS) is 12.6. The van der Waals surface area contributed by atoms with Gasteiger partial charge in [0.05, 0.1) is 0 Å². The van der Waals surface area contributed by atoms with Crippen LogP contribution >= 0.6 is 0 Å². The number of hydrogen-bond donors (Lipinski definition) is 2. The Bertz CT molecular complexity index is 470. The highest BCUT2D eigenvalue weighted by Gasteiger charge is 2.05. The van der Waals surface area contributed by atoms with Crippen LogP contribution < -0.4 is 5.32 Å². The third kappa shape index (κ3) is 3.17. The zero-order valence-electron chi connectivity index (χ0n) is 10.6. The summed E-state index contributed by atoms with van der Waals surface area (Å²) in [6, 6.07) is 8.98. The molecule has 0 aliphatic carbocycles. The number of nitrogens with one attached hydrogen (secondary N) is 2. The Balaban J connectivity index is 1.93. The van der Waals surface area contributed by atoms with Crippen molar-refractivity contribution < 1.29 is 0 Å². The molecule has 17 heavy (non-hydrogen) atoms. The lowest BCUT2D eigenvalue weighted by molar-refractivity contribution is 0.568. The fourth-order valence-corrected chi connectivity index (χ4v) is 1.80. The number of nitrogens with zero attached hydrogens (tertiary/aromatic N) is 1. The van der Waals surface area contributed by atoms with Crippen LogP contribution in [0.4, 0.5) is 0 Å². The van der Waals surface area contributed by atoms with Gasteiger partial charge in [0.15, 0.2) is 0 Å². The standard InChI is InChI=1S/C14H19N3/c1-10-4-6-13(7-5-10)11(2)15-8-14-9-16-12(3)17-14/h4-7,9,11,15H,8H2,1-3H3,(H,16,17)/t11-/m0/s1. The Hall–Kier alpha value is -1.61. The highest BCUT2D eigenvalue weighted by molar-refractivity contribution is 5.23. The fraction of sp³-hybridized carbons (Fsp3) is 0.357. The molecule has 2 rings (SSSR count). The van der Waals surface area contributed by atoms with E-state index in [0.29, 0.717) is 6.04 Å². The van der Waals surface area contributed by atoms with Crippen molar-refractivity contribution in [3.8, 4) is 0 Å². The highest BCUT2D eigenvalue weighted by Crippen LogP contribution is 2.13. The molecule has 0 fully saturated rings. The number of rotatable bonds is 4. The fourth-order valence-electron chi connectivity index (χ4n) is 1.80.